The molecule has 1 rings (SSSR count). The molecular formula is C9H13NO3. The Morgan fingerprint density at radius 2 is 2.23 bits per heavy atom. The molecule has 1 atom stereocenters. The summed E-state index contributed by atoms with van der Waals surface area (Å²) in [6.45, 7) is 3.50. The molecule has 1 aromatic heterocycles. The molecule has 0 aliphatic heterocycles. The molecule has 0 bridgehead atoms. The third kappa shape index (κ3) is 1.72. The van der Waals surface area contributed by atoms with Gasteiger partial charge in [0.15, 0.2) is 5.75 Å². The van der Waals surface area contributed by atoms with Crippen molar-refractivity contribution < 1.29 is 9.84 Å². The van der Waals surface area contributed by atoms with Gasteiger partial charge >= 0.3 is 0 Å². The van der Waals surface area contributed by atoms with E-state index >= 15 is 0 Å². The van der Waals surface area contributed by atoms with Crippen LogP contribution >= 0.6 is 0 Å². The van der Waals surface area contributed by atoms with E-state index in [0.29, 0.717) is 5.69 Å². The van der Waals surface area contributed by atoms with E-state index in [4.69, 9.17) is 4.74 Å². The smallest absolute Gasteiger partial charge is 0.223 e. The van der Waals surface area contributed by atoms with Gasteiger partial charge in [0.25, 0.3) is 0 Å². The highest BCUT2D eigenvalue weighted by Crippen LogP contribution is 2.14. The zero-order chi connectivity index (χ0) is 10.0. The van der Waals surface area contributed by atoms with Gasteiger partial charge in [-0.15, -0.1) is 0 Å². The average molecular weight is 183 g/mol. The first kappa shape index (κ1) is 9.80. The Bertz CT molecular complexity index is 356. The van der Waals surface area contributed by atoms with E-state index in [0.717, 1.165) is 0 Å². The number of aromatic nitrogens is 1. The molecule has 4 nitrogen and oxygen atoms in total. The van der Waals surface area contributed by atoms with Crippen molar-refractivity contribution in [1.29, 1.82) is 0 Å². The summed E-state index contributed by atoms with van der Waals surface area (Å²) in [5, 5.41) is 9.34. The molecule has 1 heterocycles. The standard InChI is InChI=1S/C9H13NO3/c1-6-9(12)8(11)4-5-10(6)7(2)13-3/h4-5,7,12H,1-3H3. The normalized spacial score (nSPS) is 12.8. The average Bonchev–Trinajstić information content (AvgIpc) is 2.13. The van der Waals surface area contributed by atoms with Crippen LogP contribution in [0.25, 0.3) is 0 Å². The third-order valence-corrected chi connectivity index (χ3v) is 2.08. The maximum Gasteiger partial charge on any atom is 0.223 e. The minimum absolute atomic E-state index is 0.188. The Morgan fingerprint density at radius 3 is 2.77 bits per heavy atom. The van der Waals surface area contributed by atoms with E-state index in [9.17, 15) is 9.90 Å². The number of nitrogens with zero attached hydrogens (tertiary/aromatic N) is 1. The fourth-order valence-electron chi connectivity index (χ4n) is 1.15. The molecule has 1 aromatic rings. The molecule has 0 spiro atoms. The molecule has 0 amide bonds. The van der Waals surface area contributed by atoms with Gasteiger partial charge in [-0.2, -0.15) is 0 Å². The van der Waals surface area contributed by atoms with Crippen molar-refractivity contribution in [3.8, 4) is 5.75 Å². The molecule has 0 aliphatic carbocycles. The molecule has 0 radical (unpaired) electrons. The van der Waals surface area contributed by atoms with E-state index < -0.39 is 0 Å². The second kappa shape index (κ2) is 3.62. The van der Waals surface area contributed by atoms with E-state index in [1.807, 2.05) is 6.92 Å². The number of hydrogen-bond donors (Lipinski definition) is 1. The lowest BCUT2D eigenvalue weighted by molar-refractivity contribution is 0.0577. The molecule has 1 N–H and O–H groups in total. The van der Waals surface area contributed by atoms with Crippen LogP contribution < -0.4 is 5.43 Å². The monoisotopic (exact) mass is 183 g/mol. The minimum atomic E-state index is -0.364. The Morgan fingerprint density at radius 1 is 1.62 bits per heavy atom. The van der Waals surface area contributed by atoms with Crippen molar-refractivity contribution in [3.05, 3.63) is 28.2 Å². The molecule has 0 saturated heterocycles. The molecule has 0 saturated carbocycles. The highest BCUT2D eigenvalue weighted by Gasteiger charge is 2.08. The fraction of sp³-hybridized carbons (Fsp3) is 0.444. The first-order valence-corrected chi connectivity index (χ1v) is 4.01. The van der Waals surface area contributed by atoms with Gasteiger partial charge in [-0.3, -0.25) is 4.79 Å². The molecule has 13 heavy (non-hydrogen) atoms. The minimum Gasteiger partial charge on any atom is -0.503 e. The van der Waals surface area contributed by atoms with E-state index in [-0.39, 0.29) is 17.4 Å². The van der Waals surface area contributed by atoms with Gasteiger partial charge in [0, 0.05) is 19.4 Å². The van der Waals surface area contributed by atoms with E-state index in [1.54, 1.807) is 24.8 Å². The molecular weight excluding hydrogens is 170 g/mol. The largest absolute Gasteiger partial charge is 0.503 e. The van der Waals surface area contributed by atoms with Crippen LogP contribution in [0.4, 0.5) is 0 Å². The summed E-state index contributed by atoms with van der Waals surface area (Å²) in [7, 11) is 1.57. The Labute approximate surface area is 76.4 Å². The van der Waals surface area contributed by atoms with Gasteiger partial charge in [0.1, 0.15) is 6.23 Å². The van der Waals surface area contributed by atoms with Crippen molar-refractivity contribution >= 4 is 0 Å². The fourth-order valence-corrected chi connectivity index (χ4v) is 1.15. The van der Waals surface area contributed by atoms with Crippen LogP contribution in [0.1, 0.15) is 18.8 Å². The van der Waals surface area contributed by atoms with Crippen LogP contribution in [0, 0.1) is 6.92 Å². The van der Waals surface area contributed by atoms with Crippen molar-refractivity contribution in [1.82, 2.24) is 4.57 Å². The second-order valence-electron chi connectivity index (χ2n) is 2.86. The van der Waals surface area contributed by atoms with Gasteiger partial charge in [0.05, 0.1) is 5.69 Å². The van der Waals surface area contributed by atoms with Crippen LogP contribution in [0.3, 0.4) is 0 Å². The number of hydrogen-bond acceptors (Lipinski definition) is 3. The van der Waals surface area contributed by atoms with Gasteiger partial charge in [-0.25, -0.2) is 0 Å². The highest BCUT2D eigenvalue weighted by atomic mass is 16.5. The van der Waals surface area contributed by atoms with Crippen molar-refractivity contribution in [3.63, 3.8) is 0 Å². The SMILES string of the molecule is COC(C)n1ccc(=O)c(O)c1C. The van der Waals surface area contributed by atoms with E-state index in [1.165, 1.54) is 6.07 Å². The number of rotatable bonds is 2. The van der Waals surface area contributed by atoms with Crippen molar-refractivity contribution in [2.24, 2.45) is 0 Å². The Hall–Kier alpha value is -1.29. The lowest BCUT2D eigenvalue weighted by Crippen LogP contribution is -2.14. The van der Waals surface area contributed by atoms with Crippen molar-refractivity contribution in [2.75, 3.05) is 7.11 Å². The number of pyridine rings is 1. The summed E-state index contributed by atoms with van der Waals surface area (Å²) in [5.41, 5.74) is 0.152. The Kier molecular flexibility index (Phi) is 2.72. The third-order valence-electron chi connectivity index (χ3n) is 2.08. The Balaban J connectivity index is 3.26. The maximum atomic E-state index is 11.0. The van der Waals surface area contributed by atoms with Crippen molar-refractivity contribution in [2.45, 2.75) is 20.1 Å². The van der Waals surface area contributed by atoms with Crippen LogP contribution in [0.5, 0.6) is 5.75 Å². The second-order valence-corrected chi connectivity index (χ2v) is 2.86. The number of ether oxygens (including phenoxy) is 1. The van der Waals surface area contributed by atoms with Gasteiger partial charge < -0.3 is 14.4 Å². The quantitative estimate of drug-likeness (QED) is 0.745. The molecule has 4 heteroatoms. The summed E-state index contributed by atoms with van der Waals surface area (Å²) in [5.74, 6) is -0.216. The summed E-state index contributed by atoms with van der Waals surface area (Å²) in [4.78, 5) is 11.0. The maximum absolute atomic E-state index is 11.0. The molecule has 0 aliphatic rings. The summed E-state index contributed by atoms with van der Waals surface area (Å²) < 4.78 is 6.75. The lowest BCUT2D eigenvalue weighted by Gasteiger charge is -2.17. The van der Waals surface area contributed by atoms with Crippen LogP contribution in [-0.2, 0) is 4.74 Å². The van der Waals surface area contributed by atoms with Crippen LogP contribution in [0.15, 0.2) is 17.1 Å². The topological polar surface area (TPSA) is 51.5 Å². The zero-order valence-corrected chi connectivity index (χ0v) is 7.94. The molecule has 0 aromatic carbocycles. The highest BCUT2D eigenvalue weighted by molar-refractivity contribution is 5.25. The van der Waals surface area contributed by atoms with Crippen LogP contribution in [0.2, 0.25) is 0 Å². The summed E-state index contributed by atoms with van der Waals surface area (Å²) in [6, 6.07) is 1.32. The van der Waals surface area contributed by atoms with E-state index in [2.05, 4.69) is 0 Å². The van der Waals surface area contributed by atoms with Gasteiger partial charge in [-0.05, 0) is 13.8 Å². The number of aromatic hydroxyl groups is 1. The summed E-state index contributed by atoms with van der Waals surface area (Å²) in [6.07, 6.45) is 1.41. The van der Waals surface area contributed by atoms with Gasteiger partial charge in [-0.1, -0.05) is 0 Å². The first-order chi connectivity index (χ1) is 6.07. The summed E-state index contributed by atoms with van der Waals surface area (Å²) >= 11 is 0. The molecule has 1 unspecified atom stereocenters. The zero-order valence-electron chi connectivity index (χ0n) is 7.94. The van der Waals surface area contributed by atoms with Crippen LogP contribution in [-0.4, -0.2) is 16.8 Å². The predicted molar refractivity (Wildman–Crippen MR) is 48.8 cm³/mol. The first-order valence-electron chi connectivity index (χ1n) is 4.01. The molecule has 72 valence electrons. The number of methoxy groups -OCH3 is 1. The molecule has 0 fully saturated rings. The van der Waals surface area contributed by atoms with Gasteiger partial charge in [0.2, 0.25) is 5.43 Å². The predicted octanol–water partition coefficient (Wildman–Crippen LogP) is 1.03. The lowest BCUT2D eigenvalue weighted by atomic mass is 10.3.